The molecule has 2 aromatic heterocycles. The van der Waals surface area contributed by atoms with Crippen LogP contribution in [0.3, 0.4) is 0 Å². The molecule has 0 bridgehead atoms. The number of hydrogen-bond donors (Lipinski definition) is 1. The van der Waals surface area contributed by atoms with E-state index in [4.69, 9.17) is 13.6 Å². The van der Waals surface area contributed by atoms with E-state index >= 15 is 0 Å². The number of nitrogens with zero attached hydrogens (tertiary/aromatic N) is 1. The molecule has 7 nitrogen and oxygen atoms in total. The molecular weight excluding hydrogens is 432 g/mol. The second-order valence-electron chi connectivity index (χ2n) is 8.53. The number of benzene rings is 2. The van der Waals surface area contributed by atoms with Gasteiger partial charge in [0.15, 0.2) is 0 Å². The number of carbonyl (C=O) groups excluding carboxylic acids is 2. The standard InChI is InChI=1S/C27H26N2O5/c1-18-7-4-8-19(15-18)26(30)28-24-22-11-2-3-12-23(22)34-25(24)27(31)29(16-20-9-5-13-32-20)17-21-10-6-14-33-21/h2-5,7-9,11-13,15,21H,6,10,14,16-17H2,1H3,(H,28,30). The molecule has 3 heterocycles. The topological polar surface area (TPSA) is 84.9 Å². The van der Waals surface area contributed by atoms with E-state index in [9.17, 15) is 9.59 Å². The third-order valence-electron chi connectivity index (χ3n) is 5.97. The number of furan rings is 2. The molecule has 1 atom stereocenters. The summed E-state index contributed by atoms with van der Waals surface area (Å²) in [6, 6.07) is 18.2. The summed E-state index contributed by atoms with van der Waals surface area (Å²) >= 11 is 0. The Bertz CT molecular complexity index is 1300. The van der Waals surface area contributed by atoms with Gasteiger partial charge in [-0.2, -0.15) is 0 Å². The van der Waals surface area contributed by atoms with Gasteiger partial charge in [-0.25, -0.2) is 0 Å². The number of rotatable bonds is 7. The Morgan fingerprint density at radius 2 is 1.97 bits per heavy atom. The molecule has 2 aromatic carbocycles. The van der Waals surface area contributed by atoms with Gasteiger partial charge in [0, 0.05) is 24.1 Å². The first-order valence-electron chi connectivity index (χ1n) is 11.4. The average molecular weight is 459 g/mol. The van der Waals surface area contributed by atoms with Gasteiger partial charge >= 0.3 is 0 Å². The Balaban J connectivity index is 1.50. The zero-order chi connectivity index (χ0) is 23.5. The molecule has 0 saturated carbocycles. The van der Waals surface area contributed by atoms with Gasteiger partial charge in [-0.1, -0.05) is 29.8 Å². The van der Waals surface area contributed by atoms with Crippen molar-refractivity contribution in [3.63, 3.8) is 0 Å². The first kappa shape index (κ1) is 22.0. The van der Waals surface area contributed by atoms with Crippen molar-refractivity contribution in [2.24, 2.45) is 0 Å². The van der Waals surface area contributed by atoms with E-state index in [1.807, 2.05) is 43.3 Å². The maximum absolute atomic E-state index is 13.8. The Morgan fingerprint density at radius 3 is 2.74 bits per heavy atom. The van der Waals surface area contributed by atoms with E-state index in [1.165, 1.54) is 0 Å². The number of aryl methyl sites for hydroxylation is 1. The molecule has 0 radical (unpaired) electrons. The van der Waals surface area contributed by atoms with Gasteiger partial charge in [0.1, 0.15) is 17.0 Å². The molecule has 1 fully saturated rings. The van der Waals surface area contributed by atoms with Crippen LogP contribution in [0.5, 0.6) is 0 Å². The van der Waals surface area contributed by atoms with Crippen molar-refractivity contribution < 1.29 is 23.2 Å². The van der Waals surface area contributed by atoms with Crippen LogP contribution in [0.15, 0.2) is 75.8 Å². The largest absolute Gasteiger partial charge is 0.467 e. The van der Waals surface area contributed by atoms with Crippen LogP contribution in [0, 0.1) is 6.92 Å². The van der Waals surface area contributed by atoms with Crippen molar-refractivity contribution >= 4 is 28.5 Å². The zero-order valence-electron chi connectivity index (χ0n) is 19.0. The van der Waals surface area contributed by atoms with Crippen molar-refractivity contribution in [1.29, 1.82) is 0 Å². The fraction of sp³-hybridized carbons (Fsp3) is 0.259. The third kappa shape index (κ3) is 4.61. The fourth-order valence-electron chi connectivity index (χ4n) is 4.28. The van der Waals surface area contributed by atoms with E-state index < -0.39 is 0 Å². The Hall–Kier alpha value is -3.84. The van der Waals surface area contributed by atoms with Gasteiger partial charge in [-0.3, -0.25) is 9.59 Å². The van der Waals surface area contributed by atoms with E-state index in [-0.39, 0.29) is 30.2 Å². The van der Waals surface area contributed by atoms with Gasteiger partial charge in [-0.15, -0.1) is 0 Å². The fourth-order valence-corrected chi connectivity index (χ4v) is 4.28. The van der Waals surface area contributed by atoms with E-state index in [2.05, 4.69) is 5.32 Å². The lowest BCUT2D eigenvalue weighted by molar-refractivity contribution is 0.0471. The lowest BCUT2D eigenvalue weighted by Gasteiger charge is -2.24. The van der Waals surface area contributed by atoms with Crippen LogP contribution in [0.4, 0.5) is 5.69 Å². The van der Waals surface area contributed by atoms with Crippen molar-refractivity contribution in [2.45, 2.75) is 32.4 Å². The van der Waals surface area contributed by atoms with Crippen molar-refractivity contribution in [3.05, 3.63) is 89.6 Å². The van der Waals surface area contributed by atoms with Gasteiger partial charge in [0.2, 0.25) is 5.76 Å². The highest BCUT2D eigenvalue weighted by atomic mass is 16.5. The third-order valence-corrected chi connectivity index (χ3v) is 5.97. The van der Waals surface area contributed by atoms with E-state index in [0.29, 0.717) is 41.1 Å². The molecule has 4 aromatic rings. The van der Waals surface area contributed by atoms with Gasteiger partial charge < -0.3 is 23.8 Å². The van der Waals surface area contributed by atoms with Crippen LogP contribution in [0.2, 0.25) is 0 Å². The minimum absolute atomic E-state index is 0.0476. The Labute approximate surface area is 197 Å². The number of nitrogens with one attached hydrogen (secondary N) is 1. The van der Waals surface area contributed by atoms with Crippen LogP contribution in [-0.4, -0.2) is 36.0 Å². The summed E-state index contributed by atoms with van der Waals surface area (Å²) in [6.45, 7) is 3.29. The second kappa shape index (κ2) is 9.57. The average Bonchev–Trinajstić information content (AvgIpc) is 3.60. The summed E-state index contributed by atoms with van der Waals surface area (Å²) in [4.78, 5) is 28.5. The molecule has 1 aliphatic rings. The molecule has 34 heavy (non-hydrogen) atoms. The molecule has 2 amide bonds. The lowest BCUT2D eigenvalue weighted by Crippen LogP contribution is -2.37. The predicted molar refractivity (Wildman–Crippen MR) is 128 cm³/mol. The number of hydrogen-bond acceptors (Lipinski definition) is 5. The Kier molecular flexibility index (Phi) is 6.18. The predicted octanol–water partition coefficient (Wildman–Crippen LogP) is 5.41. The summed E-state index contributed by atoms with van der Waals surface area (Å²) in [5.41, 5.74) is 2.38. The lowest BCUT2D eigenvalue weighted by atomic mass is 10.1. The zero-order valence-corrected chi connectivity index (χ0v) is 19.0. The SMILES string of the molecule is Cc1cccc(C(=O)Nc2c(C(=O)N(Cc3ccco3)CC3CCCO3)oc3ccccc23)c1. The number of fused-ring (bicyclic) bond motifs is 1. The van der Waals surface area contributed by atoms with Crippen LogP contribution in [-0.2, 0) is 11.3 Å². The quantitative estimate of drug-likeness (QED) is 0.400. The molecule has 7 heteroatoms. The van der Waals surface area contributed by atoms with Crippen LogP contribution < -0.4 is 5.32 Å². The highest BCUT2D eigenvalue weighted by molar-refractivity contribution is 6.14. The molecule has 1 saturated heterocycles. The minimum Gasteiger partial charge on any atom is -0.467 e. The highest BCUT2D eigenvalue weighted by Gasteiger charge is 2.30. The molecule has 1 aliphatic heterocycles. The van der Waals surface area contributed by atoms with Crippen molar-refractivity contribution in [1.82, 2.24) is 4.90 Å². The van der Waals surface area contributed by atoms with Gasteiger partial charge in [0.25, 0.3) is 11.8 Å². The molecule has 0 aliphatic carbocycles. The van der Waals surface area contributed by atoms with Gasteiger partial charge in [-0.05, 0) is 56.2 Å². The monoisotopic (exact) mass is 458 g/mol. The van der Waals surface area contributed by atoms with Gasteiger partial charge in [0.05, 0.1) is 18.9 Å². The van der Waals surface area contributed by atoms with Crippen molar-refractivity contribution in [2.75, 3.05) is 18.5 Å². The second-order valence-corrected chi connectivity index (χ2v) is 8.53. The number of amides is 2. The normalized spacial score (nSPS) is 15.5. The Morgan fingerprint density at radius 1 is 1.09 bits per heavy atom. The molecular formula is C27H26N2O5. The smallest absolute Gasteiger partial charge is 0.292 e. The first-order valence-corrected chi connectivity index (χ1v) is 11.4. The summed E-state index contributed by atoms with van der Waals surface area (Å²) in [5, 5.41) is 3.60. The van der Waals surface area contributed by atoms with E-state index in [0.717, 1.165) is 18.4 Å². The van der Waals surface area contributed by atoms with Crippen LogP contribution in [0.25, 0.3) is 11.0 Å². The molecule has 1 unspecified atom stereocenters. The summed E-state index contributed by atoms with van der Waals surface area (Å²) in [6.07, 6.45) is 3.39. The molecule has 174 valence electrons. The summed E-state index contributed by atoms with van der Waals surface area (Å²) in [5.74, 6) is 0.114. The molecule has 5 rings (SSSR count). The maximum Gasteiger partial charge on any atom is 0.292 e. The van der Waals surface area contributed by atoms with E-state index in [1.54, 1.807) is 35.4 Å². The number of carbonyl (C=O) groups is 2. The minimum atomic E-state index is -0.331. The first-order chi connectivity index (χ1) is 16.6. The highest BCUT2D eigenvalue weighted by Crippen LogP contribution is 2.33. The molecule has 0 spiro atoms. The van der Waals surface area contributed by atoms with Crippen LogP contribution >= 0.6 is 0 Å². The number of para-hydroxylation sites is 1. The summed E-state index contributed by atoms with van der Waals surface area (Å²) < 4.78 is 17.3. The summed E-state index contributed by atoms with van der Waals surface area (Å²) in [7, 11) is 0. The van der Waals surface area contributed by atoms with Crippen molar-refractivity contribution in [3.8, 4) is 0 Å². The molecule has 1 N–H and O–H groups in total. The number of ether oxygens (including phenoxy) is 1. The van der Waals surface area contributed by atoms with Crippen LogP contribution in [0.1, 0.15) is 45.1 Å². The number of anilines is 1. The maximum atomic E-state index is 13.8.